The summed E-state index contributed by atoms with van der Waals surface area (Å²) in [5, 5.41) is 11.8. The second-order valence-corrected chi connectivity index (χ2v) is 7.91. The van der Waals surface area contributed by atoms with Crippen LogP contribution in [0, 0.1) is 18.6 Å². The van der Waals surface area contributed by atoms with E-state index in [0.29, 0.717) is 11.3 Å². The van der Waals surface area contributed by atoms with Crippen LogP contribution in [-0.4, -0.2) is 33.2 Å². The van der Waals surface area contributed by atoms with Gasteiger partial charge in [-0.2, -0.15) is 0 Å². The highest BCUT2D eigenvalue weighted by atomic mass is 79.9. The van der Waals surface area contributed by atoms with Crippen LogP contribution in [0.4, 0.5) is 8.78 Å². The first-order chi connectivity index (χ1) is 15.2. The quantitative estimate of drug-likeness (QED) is 0.511. The highest BCUT2D eigenvalue weighted by Gasteiger charge is 2.16. The highest BCUT2D eigenvalue weighted by Crippen LogP contribution is 2.22. The summed E-state index contributed by atoms with van der Waals surface area (Å²) < 4.78 is 33.5. The van der Waals surface area contributed by atoms with Crippen molar-refractivity contribution in [3.63, 3.8) is 0 Å². The van der Waals surface area contributed by atoms with E-state index in [1.807, 2.05) is 0 Å². The van der Waals surface area contributed by atoms with Crippen molar-refractivity contribution < 1.29 is 23.4 Å². The zero-order valence-corrected chi connectivity index (χ0v) is 18.8. The summed E-state index contributed by atoms with van der Waals surface area (Å²) in [5.41, 5.74) is 1.06. The smallest absolute Gasteiger partial charge is 0.276 e. The summed E-state index contributed by atoms with van der Waals surface area (Å²) in [6.07, 6.45) is 1.24. The Morgan fingerprint density at radius 2 is 2.03 bits per heavy atom. The molecule has 0 aliphatic rings. The lowest BCUT2D eigenvalue weighted by Crippen LogP contribution is -2.35. The van der Waals surface area contributed by atoms with Gasteiger partial charge in [-0.3, -0.25) is 14.2 Å². The lowest BCUT2D eigenvalue weighted by Gasteiger charge is -2.15. The lowest BCUT2D eigenvalue weighted by atomic mass is 10.1. The minimum atomic E-state index is -0.768. The van der Waals surface area contributed by atoms with Crippen molar-refractivity contribution in [3.8, 4) is 11.6 Å². The SMILES string of the molecule is Cc1ccc(C(=O)N[C@@H](C)CO)cc1-n1cnc(OCc2ccc(F)cc2F)c(Br)c1=O. The number of carbonyl (C=O) groups excluding carboxylic acids is 1. The Kier molecular flexibility index (Phi) is 7.37. The molecule has 0 spiro atoms. The number of aliphatic hydroxyl groups excluding tert-OH is 1. The molecule has 1 atom stereocenters. The normalized spacial score (nSPS) is 11.8. The summed E-state index contributed by atoms with van der Waals surface area (Å²) in [4.78, 5) is 29.4. The molecule has 3 aromatic rings. The summed E-state index contributed by atoms with van der Waals surface area (Å²) in [7, 11) is 0. The third-order valence-electron chi connectivity index (χ3n) is 4.65. The van der Waals surface area contributed by atoms with E-state index in [-0.39, 0.29) is 29.1 Å². The maximum Gasteiger partial charge on any atom is 0.276 e. The molecule has 0 radical (unpaired) electrons. The predicted molar refractivity (Wildman–Crippen MR) is 117 cm³/mol. The fraction of sp³-hybridized carbons (Fsp3) is 0.227. The highest BCUT2D eigenvalue weighted by molar-refractivity contribution is 9.10. The summed E-state index contributed by atoms with van der Waals surface area (Å²) in [5.74, 6) is -1.92. The molecule has 7 nitrogen and oxygen atoms in total. The molecule has 0 unspecified atom stereocenters. The molecule has 0 aliphatic carbocycles. The van der Waals surface area contributed by atoms with Crippen LogP contribution in [-0.2, 0) is 6.61 Å². The van der Waals surface area contributed by atoms with Crippen LogP contribution < -0.4 is 15.6 Å². The summed E-state index contributed by atoms with van der Waals surface area (Å²) >= 11 is 3.16. The molecule has 1 amide bonds. The maximum atomic E-state index is 13.8. The standard InChI is InChI=1S/C22H20BrF2N3O4/c1-12-3-4-14(20(30)27-13(2)9-29)7-18(12)28-11-26-21(19(23)22(28)31)32-10-15-5-6-16(24)8-17(15)25/h3-8,11,13,29H,9-10H2,1-2H3,(H,27,30)/t13-/m0/s1. The number of aromatic nitrogens is 2. The fourth-order valence-electron chi connectivity index (χ4n) is 2.84. The second-order valence-electron chi connectivity index (χ2n) is 7.12. The molecule has 1 aromatic heterocycles. The van der Waals surface area contributed by atoms with Crippen molar-refractivity contribution in [2.45, 2.75) is 26.5 Å². The second kappa shape index (κ2) is 10.0. The minimum Gasteiger partial charge on any atom is -0.472 e. The molecule has 168 valence electrons. The van der Waals surface area contributed by atoms with E-state index < -0.39 is 29.1 Å². The van der Waals surface area contributed by atoms with E-state index in [1.165, 1.54) is 17.0 Å². The molecule has 2 aromatic carbocycles. The molecule has 1 heterocycles. The van der Waals surface area contributed by atoms with Gasteiger partial charge in [-0.25, -0.2) is 13.8 Å². The van der Waals surface area contributed by atoms with Gasteiger partial charge in [0.15, 0.2) is 0 Å². The molecule has 0 fully saturated rings. The van der Waals surface area contributed by atoms with Crippen molar-refractivity contribution in [1.82, 2.24) is 14.9 Å². The number of nitrogens with one attached hydrogen (secondary N) is 1. The van der Waals surface area contributed by atoms with Crippen LogP contribution in [0.1, 0.15) is 28.4 Å². The van der Waals surface area contributed by atoms with E-state index in [0.717, 1.165) is 17.7 Å². The molecular weight excluding hydrogens is 488 g/mol. The van der Waals surface area contributed by atoms with E-state index in [2.05, 4.69) is 26.2 Å². The van der Waals surface area contributed by atoms with Gasteiger partial charge in [0.05, 0.1) is 12.3 Å². The third kappa shape index (κ3) is 5.20. The number of nitrogens with zero attached hydrogens (tertiary/aromatic N) is 2. The van der Waals surface area contributed by atoms with Gasteiger partial charge in [0.2, 0.25) is 5.88 Å². The zero-order chi connectivity index (χ0) is 23.4. The Labute approximate surface area is 190 Å². The number of halogens is 3. The maximum absolute atomic E-state index is 13.8. The molecule has 0 saturated heterocycles. The van der Waals surface area contributed by atoms with E-state index >= 15 is 0 Å². The molecule has 0 aliphatic heterocycles. The first-order valence-corrected chi connectivity index (χ1v) is 10.4. The van der Waals surface area contributed by atoms with Gasteiger partial charge in [0, 0.05) is 23.2 Å². The number of hydrogen-bond acceptors (Lipinski definition) is 5. The van der Waals surface area contributed by atoms with Gasteiger partial charge in [-0.1, -0.05) is 6.07 Å². The van der Waals surface area contributed by atoms with Gasteiger partial charge >= 0.3 is 0 Å². The zero-order valence-electron chi connectivity index (χ0n) is 17.2. The number of carbonyl (C=O) groups is 1. The van der Waals surface area contributed by atoms with Crippen LogP contribution in [0.15, 0.2) is 52.0 Å². The Morgan fingerprint density at radius 1 is 1.28 bits per heavy atom. The molecule has 32 heavy (non-hydrogen) atoms. The predicted octanol–water partition coefficient (Wildman–Crippen LogP) is 3.27. The fourth-order valence-corrected chi connectivity index (χ4v) is 3.24. The molecule has 3 rings (SSSR count). The topological polar surface area (TPSA) is 93.5 Å². The number of aliphatic hydroxyl groups is 1. The van der Waals surface area contributed by atoms with Crippen molar-refractivity contribution >= 4 is 21.8 Å². The Morgan fingerprint density at radius 3 is 2.72 bits per heavy atom. The number of hydrogen-bond donors (Lipinski definition) is 2. The van der Waals surface area contributed by atoms with Gasteiger partial charge in [-0.15, -0.1) is 0 Å². The largest absolute Gasteiger partial charge is 0.472 e. The van der Waals surface area contributed by atoms with E-state index in [1.54, 1.807) is 32.0 Å². The van der Waals surface area contributed by atoms with Crippen LogP contribution in [0.5, 0.6) is 5.88 Å². The third-order valence-corrected chi connectivity index (χ3v) is 5.32. The number of rotatable bonds is 7. The van der Waals surface area contributed by atoms with Crippen LogP contribution >= 0.6 is 15.9 Å². The first-order valence-electron chi connectivity index (χ1n) is 9.58. The van der Waals surface area contributed by atoms with Crippen LogP contribution in [0.25, 0.3) is 5.69 Å². The van der Waals surface area contributed by atoms with Crippen LogP contribution in [0.3, 0.4) is 0 Å². The molecule has 10 heteroatoms. The van der Waals surface area contributed by atoms with Crippen molar-refractivity contribution in [2.75, 3.05) is 6.61 Å². The summed E-state index contributed by atoms with van der Waals surface area (Å²) in [6, 6.07) is 7.52. The lowest BCUT2D eigenvalue weighted by molar-refractivity contribution is 0.0922. The Bertz CT molecular complexity index is 1220. The van der Waals surface area contributed by atoms with Gasteiger partial charge < -0.3 is 15.2 Å². The minimum absolute atomic E-state index is 0.00526. The Hall–Kier alpha value is -3.11. The van der Waals surface area contributed by atoms with Crippen molar-refractivity contribution in [2.24, 2.45) is 0 Å². The van der Waals surface area contributed by atoms with Crippen LogP contribution in [0.2, 0.25) is 0 Å². The van der Waals surface area contributed by atoms with Crippen molar-refractivity contribution in [1.29, 1.82) is 0 Å². The van der Waals surface area contributed by atoms with Gasteiger partial charge in [-0.05, 0) is 59.6 Å². The number of aryl methyl sites for hydroxylation is 1. The number of benzene rings is 2. The average molecular weight is 508 g/mol. The van der Waals surface area contributed by atoms with Gasteiger partial charge in [0.25, 0.3) is 11.5 Å². The number of amides is 1. The summed E-state index contributed by atoms with van der Waals surface area (Å²) in [6.45, 7) is 2.98. The first kappa shape index (κ1) is 23.6. The molecule has 2 N–H and O–H groups in total. The molecule has 0 bridgehead atoms. The van der Waals surface area contributed by atoms with Gasteiger partial charge in [0.1, 0.15) is 29.0 Å². The molecule has 0 saturated carbocycles. The average Bonchev–Trinajstić information content (AvgIpc) is 2.76. The van der Waals surface area contributed by atoms with Crippen molar-refractivity contribution in [3.05, 3.63) is 85.9 Å². The molecular formula is C22H20BrF2N3O4. The Balaban J connectivity index is 1.88. The number of ether oxygens (including phenoxy) is 1. The van der Waals surface area contributed by atoms with E-state index in [9.17, 15) is 18.4 Å². The monoisotopic (exact) mass is 507 g/mol. The van der Waals surface area contributed by atoms with E-state index in [4.69, 9.17) is 9.84 Å².